The molecule has 0 atom stereocenters. The fraction of sp³-hybridized carbons (Fsp3) is 0.263. The van der Waals surface area contributed by atoms with Crippen LogP contribution in [0.4, 0.5) is 10.5 Å². The Hall–Kier alpha value is -2.04. The Labute approximate surface area is 156 Å². The van der Waals surface area contributed by atoms with Crippen LogP contribution in [0.15, 0.2) is 48.5 Å². The van der Waals surface area contributed by atoms with Gasteiger partial charge in [0, 0.05) is 40.3 Å². The van der Waals surface area contributed by atoms with Gasteiger partial charge >= 0.3 is 6.03 Å². The van der Waals surface area contributed by atoms with E-state index in [1.165, 1.54) is 0 Å². The summed E-state index contributed by atoms with van der Waals surface area (Å²) in [5, 5.41) is 4.09. The number of hydrogen-bond acceptors (Lipinski definition) is 2. The number of likely N-dealkylation sites (tertiary alicyclic amines) is 1. The number of benzene rings is 2. The van der Waals surface area contributed by atoms with Crippen molar-refractivity contribution in [1.29, 1.82) is 0 Å². The fourth-order valence-electron chi connectivity index (χ4n) is 2.93. The van der Waals surface area contributed by atoms with Gasteiger partial charge in [0.05, 0.1) is 0 Å². The molecule has 1 aliphatic heterocycles. The van der Waals surface area contributed by atoms with Crippen LogP contribution in [0.25, 0.3) is 0 Å². The number of hydrogen-bond donors (Lipinski definition) is 1. The summed E-state index contributed by atoms with van der Waals surface area (Å²) in [5.41, 5.74) is 1.38. The first-order valence-corrected chi connectivity index (χ1v) is 8.90. The lowest BCUT2D eigenvalue weighted by Gasteiger charge is -2.31. The molecule has 0 aromatic heterocycles. The first-order chi connectivity index (χ1) is 12.0. The van der Waals surface area contributed by atoms with Crippen LogP contribution in [0.2, 0.25) is 10.0 Å². The number of rotatable bonds is 3. The summed E-state index contributed by atoms with van der Waals surface area (Å²) in [4.78, 5) is 26.6. The van der Waals surface area contributed by atoms with Crippen molar-refractivity contribution in [3.63, 3.8) is 0 Å². The summed E-state index contributed by atoms with van der Waals surface area (Å²) < 4.78 is 0. The molecule has 1 N–H and O–H groups in total. The third kappa shape index (κ3) is 4.53. The number of Topliss-reactive ketones (excluding diaryl/α,β-unsaturated/α-hetero) is 1. The van der Waals surface area contributed by atoms with Crippen molar-refractivity contribution in [3.05, 3.63) is 64.1 Å². The van der Waals surface area contributed by atoms with Gasteiger partial charge in [0.1, 0.15) is 0 Å². The van der Waals surface area contributed by atoms with Gasteiger partial charge in [0.15, 0.2) is 5.78 Å². The van der Waals surface area contributed by atoms with E-state index in [1.54, 1.807) is 53.4 Å². The summed E-state index contributed by atoms with van der Waals surface area (Å²) in [6, 6.07) is 13.8. The van der Waals surface area contributed by atoms with E-state index >= 15 is 0 Å². The molecule has 2 aromatic carbocycles. The predicted octanol–water partition coefficient (Wildman–Crippen LogP) is 5.12. The quantitative estimate of drug-likeness (QED) is 0.755. The molecule has 2 amide bonds. The number of anilines is 1. The fourth-order valence-corrected chi connectivity index (χ4v) is 3.18. The monoisotopic (exact) mass is 376 g/mol. The first kappa shape index (κ1) is 17.8. The summed E-state index contributed by atoms with van der Waals surface area (Å²) in [5.74, 6) is 0.0650. The van der Waals surface area contributed by atoms with Crippen LogP contribution in [-0.2, 0) is 0 Å². The van der Waals surface area contributed by atoms with Crippen molar-refractivity contribution in [1.82, 2.24) is 4.90 Å². The zero-order valence-corrected chi connectivity index (χ0v) is 15.1. The molecular weight excluding hydrogens is 359 g/mol. The molecule has 2 aromatic rings. The molecule has 0 spiro atoms. The van der Waals surface area contributed by atoms with Gasteiger partial charge in [0.2, 0.25) is 0 Å². The number of amides is 2. The summed E-state index contributed by atoms with van der Waals surface area (Å²) >= 11 is 11.7. The average molecular weight is 377 g/mol. The minimum absolute atomic E-state index is 0.0549. The lowest BCUT2D eigenvalue weighted by atomic mass is 9.89. The molecule has 25 heavy (non-hydrogen) atoms. The van der Waals surface area contributed by atoms with Crippen LogP contribution in [-0.4, -0.2) is 29.8 Å². The maximum absolute atomic E-state index is 12.5. The Morgan fingerprint density at radius 1 is 0.880 bits per heavy atom. The number of urea groups is 1. The van der Waals surface area contributed by atoms with E-state index in [-0.39, 0.29) is 17.7 Å². The smallest absolute Gasteiger partial charge is 0.321 e. The number of nitrogens with one attached hydrogen (secondary N) is 1. The maximum atomic E-state index is 12.5. The zero-order valence-electron chi connectivity index (χ0n) is 13.5. The molecule has 4 nitrogen and oxygen atoms in total. The normalized spacial score (nSPS) is 15.0. The molecule has 0 bridgehead atoms. The van der Waals surface area contributed by atoms with E-state index in [9.17, 15) is 9.59 Å². The molecule has 0 saturated carbocycles. The molecule has 1 aliphatic rings. The van der Waals surface area contributed by atoms with E-state index in [1.807, 2.05) is 0 Å². The summed E-state index contributed by atoms with van der Waals surface area (Å²) in [6.45, 7) is 1.12. The Bertz CT molecular complexity index is 752. The highest BCUT2D eigenvalue weighted by Crippen LogP contribution is 2.23. The molecule has 0 unspecified atom stereocenters. The molecule has 1 fully saturated rings. The molecule has 3 rings (SSSR count). The van der Waals surface area contributed by atoms with E-state index in [0.29, 0.717) is 47.2 Å². The molecule has 6 heteroatoms. The van der Waals surface area contributed by atoms with Gasteiger partial charge in [0.25, 0.3) is 0 Å². The van der Waals surface area contributed by atoms with Gasteiger partial charge < -0.3 is 10.2 Å². The largest absolute Gasteiger partial charge is 0.324 e. The third-order valence-corrected chi connectivity index (χ3v) is 4.88. The number of carbonyl (C=O) groups excluding carboxylic acids is 2. The Balaban J connectivity index is 1.54. The Morgan fingerprint density at radius 3 is 1.96 bits per heavy atom. The third-order valence-electron chi connectivity index (χ3n) is 4.38. The van der Waals surface area contributed by atoms with Crippen molar-refractivity contribution in [2.75, 3.05) is 18.4 Å². The summed E-state index contributed by atoms with van der Waals surface area (Å²) in [6.07, 6.45) is 1.32. The SMILES string of the molecule is O=C(c1ccc(Cl)cc1)C1CCN(C(=O)Nc2ccc(Cl)cc2)CC1. The van der Waals surface area contributed by atoms with E-state index < -0.39 is 0 Å². The number of halogens is 2. The maximum Gasteiger partial charge on any atom is 0.321 e. The highest BCUT2D eigenvalue weighted by molar-refractivity contribution is 6.31. The van der Waals surface area contributed by atoms with Crippen molar-refractivity contribution in [2.45, 2.75) is 12.8 Å². The highest BCUT2D eigenvalue weighted by Gasteiger charge is 2.28. The van der Waals surface area contributed by atoms with Gasteiger partial charge in [-0.3, -0.25) is 4.79 Å². The summed E-state index contributed by atoms with van der Waals surface area (Å²) in [7, 11) is 0. The van der Waals surface area contributed by atoms with Crippen LogP contribution in [0.5, 0.6) is 0 Å². The van der Waals surface area contributed by atoms with Crippen molar-refractivity contribution >= 4 is 40.7 Å². The molecular formula is C19H18Cl2N2O2. The first-order valence-electron chi connectivity index (χ1n) is 8.14. The second-order valence-corrected chi connectivity index (χ2v) is 6.94. The predicted molar refractivity (Wildman–Crippen MR) is 101 cm³/mol. The second-order valence-electron chi connectivity index (χ2n) is 6.07. The van der Waals surface area contributed by atoms with Gasteiger partial charge in [-0.2, -0.15) is 0 Å². The van der Waals surface area contributed by atoms with Gasteiger partial charge in [-0.15, -0.1) is 0 Å². The van der Waals surface area contributed by atoms with Crippen LogP contribution in [0.3, 0.4) is 0 Å². The van der Waals surface area contributed by atoms with Crippen LogP contribution in [0, 0.1) is 5.92 Å². The van der Waals surface area contributed by atoms with Crippen LogP contribution < -0.4 is 5.32 Å². The van der Waals surface area contributed by atoms with Crippen molar-refractivity contribution in [2.24, 2.45) is 5.92 Å². The molecule has 0 aliphatic carbocycles. The number of nitrogens with zero attached hydrogens (tertiary/aromatic N) is 1. The standard InChI is InChI=1S/C19H18Cl2N2O2/c20-15-3-1-13(2-4-15)18(24)14-9-11-23(12-10-14)19(25)22-17-7-5-16(21)6-8-17/h1-8,14H,9-12H2,(H,22,25). The lowest BCUT2D eigenvalue weighted by Crippen LogP contribution is -2.42. The Morgan fingerprint density at radius 2 is 1.40 bits per heavy atom. The lowest BCUT2D eigenvalue weighted by molar-refractivity contribution is 0.0859. The van der Waals surface area contributed by atoms with Gasteiger partial charge in [-0.05, 0) is 61.4 Å². The molecule has 1 heterocycles. The number of ketones is 1. The minimum atomic E-state index is -0.153. The minimum Gasteiger partial charge on any atom is -0.324 e. The van der Waals surface area contributed by atoms with E-state index in [0.717, 1.165) is 0 Å². The van der Waals surface area contributed by atoms with Crippen LogP contribution in [0.1, 0.15) is 23.2 Å². The second kappa shape index (κ2) is 7.89. The topological polar surface area (TPSA) is 49.4 Å². The van der Waals surface area contributed by atoms with Gasteiger partial charge in [-0.25, -0.2) is 4.79 Å². The van der Waals surface area contributed by atoms with Crippen LogP contribution >= 0.6 is 23.2 Å². The van der Waals surface area contributed by atoms with Crippen molar-refractivity contribution < 1.29 is 9.59 Å². The number of piperidine rings is 1. The van der Waals surface area contributed by atoms with Gasteiger partial charge in [-0.1, -0.05) is 23.2 Å². The molecule has 130 valence electrons. The molecule has 0 radical (unpaired) electrons. The zero-order chi connectivity index (χ0) is 17.8. The van der Waals surface area contributed by atoms with E-state index in [2.05, 4.69) is 5.32 Å². The molecule has 1 saturated heterocycles. The Kier molecular flexibility index (Phi) is 5.61. The van der Waals surface area contributed by atoms with Crippen molar-refractivity contribution in [3.8, 4) is 0 Å². The van der Waals surface area contributed by atoms with E-state index in [4.69, 9.17) is 23.2 Å². The highest BCUT2D eigenvalue weighted by atomic mass is 35.5. The number of carbonyl (C=O) groups is 2. The average Bonchev–Trinajstić information content (AvgIpc) is 2.64.